The van der Waals surface area contributed by atoms with Gasteiger partial charge in [0.05, 0.1) is 0 Å². The van der Waals surface area contributed by atoms with Crippen LogP contribution in [0.4, 0.5) is 8.78 Å². The summed E-state index contributed by atoms with van der Waals surface area (Å²) in [5.41, 5.74) is 0.489. The van der Waals surface area contributed by atoms with E-state index in [4.69, 9.17) is 0 Å². The van der Waals surface area contributed by atoms with E-state index in [9.17, 15) is 8.78 Å². The lowest BCUT2D eigenvalue weighted by Gasteiger charge is -2.34. The molecule has 0 radical (unpaired) electrons. The molecule has 0 aliphatic heterocycles. The van der Waals surface area contributed by atoms with Gasteiger partial charge in [-0.05, 0) is 49.8 Å². The zero-order valence-corrected chi connectivity index (χ0v) is 12.5. The average molecular weight is 281 g/mol. The second-order valence-electron chi connectivity index (χ2n) is 6.01. The Morgan fingerprint density at radius 2 is 2.10 bits per heavy atom. The third-order valence-corrected chi connectivity index (χ3v) is 4.81. The van der Waals surface area contributed by atoms with Crippen molar-refractivity contribution in [2.24, 2.45) is 11.8 Å². The molecule has 0 bridgehead atoms. The standard InChI is InChI=1S/C17H25F2N/c1-3-12-6-4-7-13(10-12)16(20-2)11-14-8-5-9-15(18)17(14)19/h5,8-9,12-13,16,20H,3-4,6-7,10-11H2,1-2H3. The molecule has 1 aliphatic carbocycles. The second-order valence-corrected chi connectivity index (χ2v) is 6.01. The molecule has 0 spiro atoms. The smallest absolute Gasteiger partial charge is 0.162 e. The van der Waals surface area contributed by atoms with Gasteiger partial charge in [0, 0.05) is 6.04 Å². The van der Waals surface area contributed by atoms with Crippen molar-refractivity contribution in [2.45, 2.75) is 51.5 Å². The van der Waals surface area contributed by atoms with Crippen LogP contribution in [0, 0.1) is 23.5 Å². The number of hydrogen-bond acceptors (Lipinski definition) is 1. The van der Waals surface area contributed by atoms with Crippen molar-refractivity contribution >= 4 is 0 Å². The highest BCUT2D eigenvalue weighted by molar-refractivity contribution is 5.20. The minimum Gasteiger partial charge on any atom is -0.316 e. The van der Waals surface area contributed by atoms with Crippen molar-refractivity contribution in [1.29, 1.82) is 0 Å². The number of benzene rings is 1. The van der Waals surface area contributed by atoms with E-state index < -0.39 is 11.6 Å². The van der Waals surface area contributed by atoms with Gasteiger partial charge < -0.3 is 5.32 Å². The third-order valence-electron chi connectivity index (χ3n) is 4.81. The van der Waals surface area contributed by atoms with Crippen LogP contribution in [-0.2, 0) is 6.42 Å². The number of likely N-dealkylation sites (N-methyl/N-ethyl adjacent to an activating group) is 1. The zero-order valence-electron chi connectivity index (χ0n) is 12.5. The summed E-state index contributed by atoms with van der Waals surface area (Å²) in [4.78, 5) is 0. The van der Waals surface area contributed by atoms with E-state index >= 15 is 0 Å². The molecule has 1 N–H and O–H groups in total. The van der Waals surface area contributed by atoms with Gasteiger partial charge in [-0.15, -0.1) is 0 Å². The lowest BCUT2D eigenvalue weighted by molar-refractivity contribution is 0.212. The lowest BCUT2D eigenvalue weighted by Crippen LogP contribution is -2.38. The second kappa shape index (κ2) is 7.16. The summed E-state index contributed by atoms with van der Waals surface area (Å²) in [5.74, 6) is -0.0636. The van der Waals surface area contributed by atoms with Crippen LogP contribution >= 0.6 is 0 Å². The Hall–Kier alpha value is -0.960. The van der Waals surface area contributed by atoms with Gasteiger partial charge in [-0.1, -0.05) is 38.3 Å². The Kier molecular flexibility index (Phi) is 5.53. The fraction of sp³-hybridized carbons (Fsp3) is 0.647. The normalized spacial score (nSPS) is 24.6. The summed E-state index contributed by atoms with van der Waals surface area (Å²) < 4.78 is 27.1. The molecule has 1 fully saturated rings. The molecule has 1 saturated carbocycles. The molecule has 1 nitrogen and oxygen atoms in total. The van der Waals surface area contributed by atoms with Crippen molar-refractivity contribution in [3.05, 3.63) is 35.4 Å². The molecule has 1 aromatic carbocycles. The summed E-state index contributed by atoms with van der Waals surface area (Å²) in [7, 11) is 1.93. The molecule has 20 heavy (non-hydrogen) atoms. The summed E-state index contributed by atoms with van der Waals surface area (Å²) in [6, 6.07) is 4.71. The first-order valence-corrected chi connectivity index (χ1v) is 7.75. The number of halogens is 2. The topological polar surface area (TPSA) is 12.0 Å². The van der Waals surface area contributed by atoms with Gasteiger partial charge in [0.15, 0.2) is 11.6 Å². The third kappa shape index (κ3) is 3.57. The molecule has 2 rings (SSSR count). The molecule has 0 saturated heterocycles. The van der Waals surface area contributed by atoms with Gasteiger partial charge in [-0.25, -0.2) is 8.78 Å². The maximum Gasteiger partial charge on any atom is 0.162 e. The summed E-state index contributed by atoms with van der Waals surface area (Å²) in [6.45, 7) is 2.24. The average Bonchev–Trinajstić information content (AvgIpc) is 2.49. The minimum atomic E-state index is -0.743. The maximum atomic E-state index is 13.8. The zero-order chi connectivity index (χ0) is 14.5. The Balaban J connectivity index is 2.06. The van der Waals surface area contributed by atoms with Crippen LogP contribution in [0.3, 0.4) is 0 Å². The monoisotopic (exact) mass is 281 g/mol. The van der Waals surface area contributed by atoms with Crippen LogP contribution in [0.15, 0.2) is 18.2 Å². The van der Waals surface area contributed by atoms with Crippen LogP contribution in [0.2, 0.25) is 0 Å². The van der Waals surface area contributed by atoms with Crippen LogP contribution < -0.4 is 5.32 Å². The molecule has 1 aliphatic rings. The molecule has 0 aromatic heterocycles. The van der Waals surface area contributed by atoms with Crippen molar-refractivity contribution in [3.63, 3.8) is 0 Å². The number of rotatable bonds is 5. The maximum absolute atomic E-state index is 13.8. The molecule has 3 heteroatoms. The highest BCUT2D eigenvalue weighted by Crippen LogP contribution is 2.34. The fourth-order valence-electron chi connectivity index (χ4n) is 3.52. The van der Waals surface area contributed by atoms with E-state index in [1.165, 1.54) is 38.2 Å². The Morgan fingerprint density at radius 1 is 1.30 bits per heavy atom. The van der Waals surface area contributed by atoms with E-state index in [2.05, 4.69) is 12.2 Å². The van der Waals surface area contributed by atoms with E-state index in [0.29, 0.717) is 17.9 Å². The molecule has 1 aromatic rings. The van der Waals surface area contributed by atoms with Gasteiger partial charge in [-0.3, -0.25) is 0 Å². The van der Waals surface area contributed by atoms with Crippen molar-refractivity contribution < 1.29 is 8.78 Å². The van der Waals surface area contributed by atoms with Crippen LogP contribution in [0.25, 0.3) is 0 Å². The largest absolute Gasteiger partial charge is 0.316 e. The predicted octanol–water partition coefficient (Wildman–Crippen LogP) is 4.31. The first-order chi connectivity index (χ1) is 9.65. The molecule has 0 heterocycles. The Morgan fingerprint density at radius 3 is 2.80 bits per heavy atom. The van der Waals surface area contributed by atoms with Crippen LogP contribution in [-0.4, -0.2) is 13.1 Å². The van der Waals surface area contributed by atoms with Gasteiger partial charge in [-0.2, -0.15) is 0 Å². The summed E-state index contributed by atoms with van der Waals surface area (Å²) in [6.07, 6.45) is 6.77. The molecular weight excluding hydrogens is 256 g/mol. The van der Waals surface area contributed by atoms with E-state index in [-0.39, 0.29) is 6.04 Å². The molecule has 3 unspecified atom stereocenters. The SMILES string of the molecule is CCC1CCCC(C(Cc2cccc(F)c2F)NC)C1. The number of hydrogen-bond donors (Lipinski definition) is 1. The lowest BCUT2D eigenvalue weighted by atomic mass is 9.75. The van der Waals surface area contributed by atoms with Crippen molar-refractivity contribution in [2.75, 3.05) is 7.05 Å². The van der Waals surface area contributed by atoms with Gasteiger partial charge >= 0.3 is 0 Å². The molecule has 0 amide bonds. The Bertz CT molecular complexity index is 433. The van der Waals surface area contributed by atoms with E-state index in [1.807, 2.05) is 7.05 Å². The van der Waals surface area contributed by atoms with Crippen molar-refractivity contribution in [3.8, 4) is 0 Å². The van der Waals surface area contributed by atoms with Gasteiger partial charge in [0.25, 0.3) is 0 Å². The summed E-state index contributed by atoms with van der Waals surface area (Å²) in [5, 5.41) is 3.32. The molecule has 3 atom stereocenters. The molecule has 112 valence electrons. The van der Waals surface area contributed by atoms with Gasteiger partial charge in [0.2, 0.25) is 0 Å². The first-order valence-electron chi connectivity index (χ1n) is 7.75. The van der Waals surface area contributed by atoms with E-state index in [1.54, 1.807) is 12.1 Å². The highest BCUT2D eigenvalue weighted by Gasteiger charge is 2.27. The predicted molar refractivity (Wildman–Crippen MR) is 78.6 cm³/mol. The number of nitrogens with one attached hydrogen (secondary N) is 1. The summed E-state index contributed by atoms with van der Waals surface area (Å²) >= 11 is 0. The highest BCUT2D eigenvalue weighted by atomic mass is 19.2. The van der Waals surface area contributed by atoms with E-state index in [0.717, 1.165) is 5.92 Å². The van der Waals surface area contributed by atoms with Gasteiger partial charge in [0.1, 0.15) is 0 Å². The minimum absolute atomic E-state index is 0.237. The van der Waals surface area contributed by atoms with Crippen LogP contribution in [0.5, 0.6) is 0 Å². The van der Waals surface area contributed by atoms with Crippen molar-refractivity contribution in [1.82, 2.24) is 5.32 Å². The molecular formula is C17H25F2N. The first kappa shape index (κ1) is 15.4. The van der Waals surface area contributed by atoms with Crippen LogP contribution in [0.1, 0.15) is 44.6 Å². The fourth-order valence-corrected chi connectivity index (χ4v) is 3.52. The quantitative estimate of drug-likeness (QED) is 0.848. The Labute approximate surface area is 120 Å².